The molecule has 4 aromatic rings. The Balaban J connectivity index is 1.73. The van der Waals surface area contributed by atoms with Gasteiger partial charge in [-0.05, 0) is 54.3 Å². The maximum Gasteiger partial charge on any atom is 0.296 e. The molecule has 8 nitrogen and oxygen atoms in total. The fourth-order valence-electron chi connectivity index (χ4n) is 4.12. The Bertz CT molecular complexity index is 1680. The third-order valence-corrected chi connectivity index (χ3v) is 7.89. The second-order valence-corrected chi connectivity index (χ2v) is 10.6. The molecular weight excluding hydrogens is 507 g/mol. The molecule has 4 rings (SSSR count). The lowest BCUT2D eigenvalue weighted by atomic mass is 10.1. The molecule has 0 amide bonds. The number of rotatable bonds is 9. The zero-order valence-electron chi connectivity index (χ0n) is 20.6. The highest BCUT2D eigenvalue weighted by Gasteiger charge is 2.29. The molecule has 0 radical (unpaired) electrons. The molecule has 0 unspecified atom stereocenters. The van der Waals surface area contributed by atoms with Crippen LogP contribution in [0.1, 0.15) is 36.7 Å². The molecule has 0 atom stereocenters. The molecule has 10 heteroatoms. The summed E-state index contributed by atoms with van der Waals surface area (Å²) < 4.78 is 41.9. The predicted octanol–water partition coefficient (Wildman–Crippen LogP) is 4.44. The van der Waals surface area contributed by atoms with Crippen molar-refractivity contribution in [3.05, 3.63) is 100 Å². The maximum absolute atomic E-state index is 13.5. The SMILES string of the molecule is CCCCc1nc(=O)c(S(=O)(=O)c2ccc(-c3cncc(F)c3)cc2)c(O)n1CCc1cccc(C#N)c1. The number of pyridine rings is 1. The van der Waals surface area contributed by atoms with E-state index in [0.29, 0.717) is 41.8 Å². The number of hydrogen-bond donors (Lipinski definition) is 1. The Morgan fingerprint density at radius 2 is 1.82 bits per heavy atom. The van der Waals surface area contributed by atoms with Gasteiger partial charge in [-0.2, -0.15) is 10.2 Å². The van der Waals surface area contributed by atoms with Gasteiger partial charge in [-0.1, -0.05) is 37.6 Å². The van der Waals surface area contributed by atoms with Crippen LogP contribution in [-0.4, -0.2) is 28.1 Å². The van der Waals surface area contributed by atoms with Crippen molar-refractivity contribution in [3.8, 4) is 23.1 Å². The van der Waals surface area contributed by atoms with Crippen molar-refractivity contribution in [1.29, 1.82) is 5.26 Å². The first-order valence-electron chi connectivity index (χ1n) is 12.0. The highest BCUT2D eigenvalue weighted by molar-refractivity contribution is 7.91. The summed E-state index contributed by atoms with van der Waals surface area (Å²) >= 11 is 0. The van der Waals surface area contributed by atoms with Gasteiger partial charge < -0.3 is 5.11 Å². The van der Waals surface area contributed by atoms with Crippen LogP contribution in [0, 0.1) is 17.1 Å². The lowest BCUT2D eigenvalue weighted by molar-refractivity contribution is 0.379. The van der Waals surface area contributed by atoms with Crippen molar-refractivity contribution in [3.63, 3.8) is 0 Å². The van der Waals surface area contributed by atoms with Crippen LogP contribution in [0.25, 0.3) is 11.1 Å². The molecule has 0 saturated carbocycles. The van der Waals surface area contributed by atoms with Crippen LogP contribution in [0.3, 0.4) is 0 Å². The van der Waals surface area contributed by atoms with Gasteiger partial charge in [0.05, 0.1) is 22.7 Å². The molecule has 38 heavy (non-hydrogen) atoms. The van der Waals surface area contributed by atoms with Gasteiger partial charge in [0.25, 0.3) is 5.56 Å². The Morgan fingerprint density at radius 3 is 2.50 bits per heavy atom. The van der Waals surface area contributed by atoms with Crippen molar-refractivity contribution < 1.29 is 17.9 Å². The topological polar surface area (TPSA) is 126 Å². The number of sulfone groups is 1. The number of unbranched alkanes of at least 4 members (excludes halogenated alkanes) is 1. The van der Waals surface area contributed by atoms with Crippen LogP contribution in [0.5, 0.6) is 5.88 Å². The van der Waals surface area contributed by atoms with E-state index in [1.165, 1.54) is 41.1 Å². The highest BCUT2D eigenvalue weighted by atomic mass is 32.2. The van der Waals surface area contributed by atoms with E-state index in [2.05, 4.69) is 16.0 Å². The lowest BCUT2D eigenvalue weighted by Gasteiger charge is -2.17. The molecule has 2 aromatic heterocycles. The predicted molar refractivity (Wildman–Crippen MR) is 139 cm³/mol. The second-order valence-electron chi connectivity index (χ2n) is 8.72. The summed E-state index contributed by atoms with van der Waals surface area (Å²) in [5, 5.41) is 20.3. The largest absolute Gasteiger partial charge is 0.493 e. The minimum atomic E-state index is -4.44. The first-order chi connectivity index (χ1) is 18.2. The van der Waals surface area contributed by atoms with Crippen molar-refractivity contribution in [2.45, 2.75) is 48.9 Å². The monoisotopic (exact) mass is 532 g/mol. The number of nitriles is 1. The second kappa shape index (κ2) is 11.4. The van der Waals surface area contributed by atoms with E-state index >= 15 is 0 Å². The Labute approximate surface area is 219 Å². The molecule has 2 heterocycles. The van der Waals surface area contributed by atoms with E-state index in [1.807, 2.05) is 13.0 Å². The van der Waals surface area contributed by atoms with Gasteiger partial charge in [0, 0.05) is 24.7 Å². The summed E-state index contributed by atoms with van der Waals surface area (Å²) in [7, 11) is -4.44. The summed E-state index contributed by atoms with van der Waals surface area (Å²) in [5.74, 6) is -0.914. The Hall–Kier alpha value is -4.36. The molecule has 0 aliphatic rings. The first kappa shape index (κ1) is 26.7. The van der Waals surface area contributed by atoms with Crippen LogP contribution < -0.4 is 5.56 Å². The number of nitrogens with zero attached hydrogens (tertiary/aromatic N) is 4. The Morgan fingerprint density at radius 1 is 1.05 bits per heavy atom. The third kappa shape index (κ3) is 5.63. The molecule has 0 saturated heterocycles. The number of halogens is 1. The molecule has 0 aliphatic heterocycles. The van der Waals surface area contributed by atoms with Gasteiger partial charge in [0.2, 0.25) is 15.7 Å². The van der Waals surface area contributed by atoms with Gasteiger partial charge >= 0.3 is 0 Å². The summed E-state index contributed by atoms with van der Waals surface area (Å²) in [6.45, 7) is 2.12. The van der Waals surface area contributed by atoms with E-state index in [0.717, 1.165) is 18.2 Å². The quantitative estimate of drug-likeness (QED) is 0.338. The number of aromatic hydroxyl groups is 1. The van der Waals surface area contributed by atoms with Crippen LogP contribution in [0.2, 0.25) is 0 Å². The zero-order valence-corrected chi connectivity index (χ0v) is 21.4. The van der Waals surface area contributed by atoms with Gasteiger partial charge in [0.1, 0.15) is 11.6 Å². The van der Waals surface area contributed by atoms with Crippen LogP contribution in [0.4, 0.5) is 4.39 Å². The van der Waals surface area contributed by atoms with E-state index in [1.54, 1.807) is 18.2 Å². The third-order valence-electron chi connectivity index (χ3n) is 6.10. The number of aryl methyl sites for hydroxylation is 2. The van der Waals surface area contributed by atoms with Crippen LogP contribution in [0.15, 0.2) is 81.6 Å². The number of hydrogen-bond acceptors (Lipinski definition) is 7. The molecule has 194 valence electrons. The van der Waals surface area contributed by atoms with Gasteiger partial charge in [-0.15, -0.1) is 0 Å². The summed E-state index contributed by atoms with van der Waals surface area (Å²) in [6.07, 6.45) is 4.78. The maximum atomic E-state index is 13.5. The van der Waals surface area contributed by atoms with Crippen LogP contribution >= 0.6 is 0 Å². The van der Waals surface area contributed by atoms with E-state index in [-0.39, 0.29) is 11.4 Å². The molecular formula is C28H25FN4O4S. The fraction of sp³-hybridized carbons (Fsp3) is 0.214. The molecule has 0 fully saturated rings. The minimum Gasteiger partial charge on any atom is -0.493 e. The number of benzene rings is 2. The first-order valence-corrected chi connectivity index (χ1v) is 13.5. The van der Waals surface area contributed by atoms with Crippen molar-refractivity contribution in [2.75, 3.05) is 0 Å². The highest BCUT2D eigenvalue weighted by Crippen LogP contribution is 2.29. The normalized spacial score (nSPS) is 11.3. The number of aromatic nitrogens is 3. The van der Waals surface area contributed by atoms with Crippen molar-refractivity contribution >= 4 is 9.84 Å². The Kier molecular flexibility index (Phi) is 7.98. The molecule has 0 bridgehead atoms. The molecule has 1 N–H and O–H groups in total. The van der Waals surface area contributed by atoms with Gasteiger partial charge in [-0.3, -0.25) is 14.3 Å². The van der Waals surface area contributed by atoms with E-state index in [4.69, 9.17) is 5.26 Å². The average molecular weight is 533 g/mol. The molecule has 2 aromatic carbocycles. The fourth-order valence-corrected chi connectivity index (χ4v) is 5.47. The van der Waals surface area contributed by atoms with Crippen molar-refractivity contribution in [1.82, 2.24) is 14.5 Å². The van der Waals surface area contributed by atoms with Crippen molar-refractivity contribution in [2.24, 2.45) is 0 Å². The minimum absolute atomic E-state index is 0.154. The van der Waals surface area contributed by atoms with E-state index < -0.39 is 32.0 Å². The molecule has 0 aliphatic carbocycles. The smallest absolute Gasteiger partial charge is 0.296 e. The summed E-state index contributed by atoms with van der Waals surface area (Å²) in [6, 6.07) is 15.8. The average Bonchev–Trinajstić information content (AvgIpc) is 2.91. The standard InChI is InChI=1S/C28H25FN4O4S/c1-2-3-7-25-32-27(34)26(28(35)33(25)13-12-19-5-4-6-20(14-19)16-30)38(36,37)24-10-8-21(9-11-24)22-15-23(29)18-31-17-22/h4-6,8-11,14-15,17-18,35H,2-3,7,12-13H2,1H3. The van der Waals surface area contributed by atoms with Crippen LogP contribution in [-0.2, 0) is 29.2 Å². The lowest BCUT2D eigenvalue weighted by Crippen LogP contribution is -2.25. The molecule has 0 spiro atoms. The van der Waals surface area contributed by atoms with Gasteiger partial charge in [0.15, 0.2) is 4.90 Å². The summed E-state index contributed by atoms with van der Waals surface area (Å²) in [5.41, 5.74) is 1.26. The van der Waals surface area contributed by atoms with Gasteiger partial charge in [-0.25, -0.2) is 12.8 Å². The van der Waals surface area contributed by atoms with E-state index in [9.17, 15) is 22.7 Å². The zero-order chi connectivity index (χ0) is 27.3. The summed E-state index contributed by atoms with van der Waals surface area (Å²) in [4.78, 5) is 19.8.